The topological polar surface area (TPSA) is 38.2 Å². The van der Waals surface area contributed by atoms with Gasteiger partial charge < -0.3 is 9.64 Å². The minimum atomic E-state index is 0.568. The molecule has 14 heavy (non-hydrogen) atoms. The number of aromatic nitrogens is 2. The van der Waals surface area contributed by atoms with Crippen LogP contribution in [0.5, 0.6) is 5.88 Å². The second kappa shape index (κ2) is 5.14. The van der Waals surface area contributed by atoms with Crippen molar-refractivity contribution >= 4 is 21.9 Å². The third-order valence-electron chi connectivity index (χ3n) is 1.79. The van der Waals surface area contributed by atoms with Gasteiger partial charge in [-0.25, -0.2) is 4.98 Å². The highest BCUT2D eigenvalue weighted by molar-refractivity contribution is 9.10. The van der Waals surface area contributed by atoms with Crippen molar-refractivity contribution in [1.82, 2.24) is 9.97 Å². The van der Waals surface area contributed by atoms with E-state index in [9.17, 15) is 0 Å². The van der Waals surface area contributed by atoms with E-state index in [1.165, 1.54) is 0 Å². The molecule has 0 bridgehead atoms. The van der Waals surface area contributed by atoms with Gasteiger partial charge in [0.05, 0.1) is 17.8 Å². The number of rotatable bonds is 4. The van der Waals surface area contributed by atoms with Crippen LogP contribution in [0.15, 0.2) is 10.7 Å². The number of anilines is 1. The van der Waals surface area contributed by atoms with Crippen LogP contribution < -0.4 is 9.64 Å². The molecule has 1 aromatic heterocycles. The van der Waals surface area contributed by atoms with E-state index in [1.54, 1.807) is 13.3 Å². The van der Waals surface area contributed by atoms with Crippen LogP contribution in [0.25, 0.3) is 0 Å². The van der Waals surface area contributed by atoms with Crippen LogP contribution in [0.1, 0.15) is 13.3 Å². The van der Waals surface area contributed by atoms with Crippen LogP contribution in [0.3, 0.4) is 0 Å². The summed E-state index contributed by atoms with van der Waals surface area (Å²) in [6, 6.07) is 0. The molecule has 5 heteroatoms. The molecule has 0 atom stereocenters. The first-order valence-electron chi connectivity index (χ1n) is 4.46. The Kier molecular flexibility index (Phi) is 4.13. The highest BCUT2D eigenvalue weighted by atomic mass is 79.9. The standard InChI is InChI=1S/C9H14BrN3O/c1-4-5-13(2)9-11-6-7(10)8(12-9)14-3/h6H,4-5H2,1-3H3. The molecule has 0 aliphatic heterocycles. The molecule has 0 aliphatic carbocycles. The Morgan fingerprint density at radius 2 is 2.29 bits per heavy atom. The Bertz CT molecular complexity index is 306. The second-order valence-corrected chi connectivity index (χ2v) is 3.80. The van der Waals surface area contributed by atoms with E-state index < -0.39 is 0 Å². The number of hydrogen-bond donors (Lipinski definition) is 0. The minimum absolute atomic E-state index is 0.568. The highest BCUT2D eigenvalue weighted by Crippen LogP contribution is 2.22. The van der Waals surface area contributed by atoms with Gasteiger partial charge in [-0.15, -0.1) is 0 Å². The molecule has 1 rings (SSSR count). The number of nitrogens with zero attached hydrogens (tertiary/aromatic N) is 3. The van der Waals surface area contributed by atoms with E-state index in [-0.39, 0.29) is 0 Å². The smallest absolute Gasteiger partial charge is 0.232 e. The van der Waals surface area contributed by atoms with Crippen molar-refractivity contribution in [3.05, 3.63) is 10.7 Å². The molecule has 0 unspecified atom stereocenters. The number of ether oxygens (including phenoxy) is 1. The van der Waals surface area contributed by atoms with Gasteiger partial charge in [-0.3, -0.25) is 0 Å². The van der Waals surface area contributed by atoms with E-state index in [0.29, 0.717) is 11.8 Å². The van der Waals surface area contributed by atoms with Gasteiger partial charge in [0.25, 0.3) is 0 Å². The maximum atomic E-state index is 5.09. The summed E-state index contributed by atoms with van der Waals surface area (Å²) in [5.74, 6) is 1.25. The van der Waals surface area contributed by atoms with Gasteiger partial charge in [-0.2, -0.15) is 4.98 Å². The van der Waals surface area contributed by atoms with Crippen LogP contribution in [-0.2, 0) is 0 Å². The molecule has 0 spiro atoms. The number of halogens is 1. The first kappa shape index (κ1) is 11.2. The van der Waals surface area contributed by atoms with Crippen molar-refractivity contribution < 1.29 is 4.74 Å². The fourth-order valence-electron chi connectivity index (χ4n) is 1.11. The van der Waals surface area contributed by atoms with E-state index >= 15 is 0 Å². The maximum absolute atomic E-state index is 5.09. The summed E-state index contributed by atoms with van der Waals surface area (Å²) >= 11 is 3.31. The van der Waals surface area contributed by atoms with Gasteiger partial charge in [0.15, 0.2) is 0 Å². The van der Waals surface area contributed by atoms with Crippen molar-refractivity contribution in [3.8, 4) is 5.88 Å². The van der Waals surface area contributed by atoms with Crippen LogP contribution >= 0.6 is 15.9 Å². The fourth-order valence-corrected chi connectivity index (χ4v) is 1.46. The van der Waals surface area contributed by atoms with Gasteiger partial charge in [-0.1, -0.05) is 6.92 Å². The molecule has 4 nitrogen and oxygen atoms in total. The molecule has 78 valence electrons. The molecule has 0 radical (unpaired) electrons. The second-order valence-electron chi connectivity index (χ2n) is 2.95. The third kappa shape index (κ3) is 2.57. The Balaban J connectivity index is 2.88. The summed E-state index contributed by atoms with van der Waals surface area (Å²) in [6.07, 6.45) is 2.77. The molecule has 0 aliphatic rings. The molecular formula is C9H14BrN3O. The van der Waals surface area contributed by atoms with Gasteiger partial charge in [0, 0.05) is 13.6 Å². The lowest BCUT2D eigenvalue weighted by molar-refractivity contribution is 0.394. The van der Waals surface area contributed by atoms with E-state index in [4.69, 9.17) is 4.74 Å². The normalized spacial score (nSPS) is 10.0. The summed E-state index contributed by atoms with van der Waals surface area (Å²) in [5, 5.41) is 0. The van der Waals surface area contributed by atoms with Crippen LogP contribution in [-0.4, -0.2) is 30.7 Å². The van der Waals surface area contributed by atoms with Gasteiger partial charge in [0.2, 0.25) is 11.8 Å². The highest BCUT2D eigenvalue weighted by Gasteiger charge is 2.07. The zero-order valence-corrected chi connectivity index (χ0v) is 10.2. The molecule has 0 aromatic carbocycles. The first-order valence-corrected chi connectivity index (χ1v) is 5.26. The van der Waals surface area contributed by atoms with Crippen LogP contribution in [0.4, 0.5) is 5.95 Å². The molecule has 0 saturated carbocycles. The van der Waals surface area contributed by atoms with E-state index in [0.717, 1.165) is 17.4 Å². The van der Waals surface area contributed by atoms with Crippen molar-refractivity contribution in [2.75, 3.05) is 25.6 Å². The van der Waals surface area contributed by atoms with Crippen LogP contribution in [0, 0.1) is 0 Å². The lowest BCUT2D eigenvalue weighted by Gasteiger charge is -2.16. The monoisotopic (exact) mass is 259 g/mol. The Labute approximate surface area is 92.4 Å². The zero-order valence-electron chi connectivity index (χ0n) is 8.62. The predicted octanol–water partition coefficient (Wildman–Crippen LogP) is 2.09. The zero-order chi connectivity index (χ0) is 10.6. The maximum Gasteiger partial charge on any atom is 0.232 e. The van der Waals surface area contributed by atoms with Crippen molar-refractivity contribution in [2.45, 2.75) is 13.3 Å². The predicted molar refractivity (Wildman–Crippen MR) is 59.8 cm³/mol. The van der Waals surface area contributed by atoms with Gasteiger partial charge >= 0.3 is 0 Å². The minimum Gasteiger partial charge on any atom is -0.480 e. The molecule has 0 fully saturated rings. The number of methoxy groups -OCH3 is 1. The van der Waals surface area contributed by atoms with Crippen molar-refractivity contribution in [2.24, 2.45) is 0 Å². The summed E-state index contributed by atoms with van der Waals surface area (Å²) in [5.41, 5.74) is 0. The number of hydrogen-bond acceptors (Lipinski definition) is 4. The lowest BCUT2D eigenvalue weighted by atomic mass is 10.4. The Morgan fingerprint density at radius 1 is 1.57 bits per heavy atom. The van der Waals surface area contributed by atoms with Gasteiger partial charge in [0.1, 0.15) is 0 Å². The average Bonchev–Trinajstić information content (AvgIpc) is 2.19. The molecule has 1 heterocycles. The molecule has 1 aromatic rings. The van der Waals surface area contributed by atoms with Crippen molar-refractivity contribution in [1.29, 1.82) is 0 Å². The summed E-state index contributed by atoms with van der Waals surface area (Å²) in [6.45, 7) is 3.05. The lowest BCUT2D eigenvalue weighted by Crippen LogP contribution is -2.20. The summed E-state index contributed by atoms with van der Waals surface area (Å²) in [4.78, 5) is 10.4. The van der Waals surface area contributed by atoms with E-state index in [2.05, 4.69) is 32.8 Å². The first-order chi connectivity index (χ1) is 6.69. The van der Waals surface area contributed by atoms with Crippen LogP contribution in [0.2, 0.25) is 0 Å². The third-order valence-corrected chi connectivity index (χ3v) is 2.34. The molecule has 0 amide bonds. The molecule has 0 N–H and O–H groups in total. The Hall–Kier alpha value is -0.840. The molecule has 0 saturated heterocycles. The largest absolute Gasteiger partial charge is 0.480 e. The van der Waals surface area contributed by atoms with E-state index in [1.807, 2.05) is 11.9 Å². The summed E-state index contributed by atoms with van der Waals surface area (Å²) in [7, 11) is 3.56. The SMILES string of the molecule is CCCN(C)c1ncc(Br)c(OC)n1. The quantitative estimate of drug-likeness (QED) is 0.830. The van der Waals surface area contributed by atoms with Gasteiger partial charge in [-0.05, 0) is 22.4 Å². The average molecular weight is 260 g/mol. The Morgan fingerprint density at radius 3 is 2.86 bits per heavy atom. The van der Waals surface area contributed by atoms with Crippen molar-refractivity contribution in [3.63, 3.8) is 0 Å². The molecular weight excluding hydrogens is 246 g/mol. The summed E-state index contributed by atoms with van der Waals surface area (Å²) < 4.78 is 5.86. The fraction of sp³-hybridized carbons (Fsp3) is 0.556.